The number of esters is 1. The number of thioether (sulfide) groups is 1. The summed E-state index contributed by atoms with van der Waals surface area (Å²) < 4.78 is 31.0. The number of hydrogen-bond acceptors (Lipinski definition) is 4. The summed E-state index contributed by atoms with van der Waals surface area (Å²) in [6, 6.07) is 2.79. The maximum Gasteiger partial charge on any atom is 0.315 e. The van der Waals surface area contributed by atoms with Gasteiger partial charge in [0, 0.05) is 6.07 Å². The molecule has 0 unspecified atom stereocenters. The highest BCUT2D eigenvalue weighted by atomic mass is 32.2. The molecule has 7 heteroatoms. The van der Waals surface area contributed by atoms with Gasteiger partial charge in [-0.1, -0.05) is 0 Å². The van der Waals surface area contributed by atoms with Crippen molar-refractivity contribution in [1.29, 1.82) is 0 Å². The van der Waals surface area contributed by atoms with Crippen molar-refractivity contribution in [3.05, 3.63) is 29.8 Å². The number of amides is 1. The lowest BCUT2D eigenvalue weighted by molar-refractivity contribution is -0.139. The van der Waals surface area contributed by atoms with Crippen LogP contribution in [0.3, 0.4) is 0 Å². The molecule has 4 nitrogen and oxygen atoms in total. The van der Waals surface area contributed by atoms with Crippen molar-refractivity contribution in [2.24, 2.45) is 0 Å². The van der Waals surface area contributed by atoms with Crippen LogP contribution in [0.4, 0.5) is 14.5 Å². The normalized spacial score (nSPS) is 11.8. The molecule has 1 rings (SSSR count). The van der Waals surface area contributed by atoms with Crippen LogP contribution >= 0.6 is 11.8 Å². The number of nitrogens with one attached hydrogen (secondary N) is 1. The average Bonchev–Trinajstić information content (AvgIpc) is 2.40. The summed E-state index contributed by atoms with van der Waals surface area (Å²) in [6.07, 6.45) is 0. The molecular weight excluding hydrogens is 288 g/mol. The van der Waals surface area contributed by atoms with E-state index in [1.807, 2.05) is 0 Å². The Morgan fingerprint density at radius 1 is 1.40 bits per heavy atom. The van der Waals surface area contributed by atoms with Crippen molar-refractivity contribution in [1.82, 2.24) is 0 Å². The number of anilines is 1. The van der Waals surface area contributed by atoms with Gasteiger partial charge in [-0.25, -0.2) is 8.78 Å². The highest BCUT2D eigenvalue weighted by Gasteiger charge is 2.17. The van der Waals surface area contributed by atoms with Gasteiger partial charge in [0.2, 0.25) is 5.91 Å². The molecule has 0 aliphatic rings. The van der Waals surface area contributed by atoms with Crippen LogP contribution in [0.2, 0.25) is 0 Å². The van der Waals surface area contributed by atoms with Crippen LogP contribution in [0.1, 0.15) is 13.8 Å². The molecule has 1 N–H and O–H groups in total. The molecule has 0 bridgehead atoms. The molecule has 1 aromatic carbocycles. The Morgan fingerprint density at radius 3 is 2.75 bits per heavy atom. The highest BCUT2D eigenvalue weighted by Crippen LogP contribution is 2.18. The molecule has 0 aliphatic carbocycles. The monoisotopic (exact) mass is 303 g/mol. The average molecular weight is 303 g/mol. The van der Waals surface area contributed by atoms with Crippen LogP contribution in [0.15, 0.2) is 18.2 Å². The van der Waals surface area contributed by atoms with E-state index in [1.54, 1.807) is 13.8 Å². The first-order chi connectivity index (χ1) is 9.43. The Hall–Kier alpha value is -1.63. The topological polar surface area (TPSA) is 55.4 Å². The third kappa shape index (κ3) is 5.16. The minimum atomic E-state index is -0.720. The lowest BCUT2D eigenvalue weighted by Gasteiger charge is -2.12. The van der Waals surface area contributed by atoms with E-state index in [1.165, 1.54) is 0 Å². The molecule has 0 aromatic heterocycles. The third-order valence-electron chi connectivity index (χ3n) is 2.31. The van der Waals surface area contributed by atoms with Crippen molar-refractivity contribution in [2.75, 3.05) is 17.7 Å². The van der Waals surface area contributed by atoms with Gasteiger partial charge in [0.1, 0.15) is 11.6 Å². The first-order valence-corrected chi connectivity index (χ1v) is 7.02. The number of carbonyl (C=O) groups is 2. The Bertz CT molecular complexity index is 497. The highest BCUT2D eigenvalue weighted by molar-refractivity contribution is 8.01. The van der Waals surface area contributed by atoms with Crippen LogP contribution in [-0.2, 0) is 14.3 Å². The summed E-state index contributed by atoms with van der Waals surface area (Å²) in [5.41, 5.74) is -0.224. The van der Waals surface area contributed by atoms with Gasteiger partial charge in [-0.3, -0.25) is 9.59 Å². The number of ether oxygens (including phenoxy) is 1. The number of hydrogen-bond donors (Lipinski definition) is 1. The molecule has 110 valence electrons. The summed E-state index contributed by atoms with van der Waals surface area (Å²) in [4.78, 5) is 22.9. The summed E-state index contributed by atoms with van der Waals surface area (Å²) in [5, 5.41) is 1.68. The molecule has 0 saturated heterocycles. The van der Waals surface area contributed by atoms with E-state index in [0.29, 0.717) is 0 Å². The van der Waals surface area contributed by atoms with Crippen LogP contribution in [-0.4, -0.2) is 29.5 Å². The fraction of sp³-hybridized carbons (Fsp3) is 0.385. The zero-order valence-corrected chi connectivity index (χ0v) is 11.9. The van der Waals surface area contributed by atoms with E-state index in [4.69, 9.17) is 4.74 Å². The zero-order chi connectivity index (χ0) is 15.1. The van der Waals surface area contributed by atoms with Gasteiger partial charge in [0.05, 0.1) is 23.3 Å². The summed E-state index contributed by atoms with van der Waals surface area (Å²) in [6.45, 7) is 3.52. The third-order valence-corrected chi connectivity index (χ3v) is 3.43. The Labute approximate surface area is 119 Å². The smallest absolute Gasteiger partial charge is 0.315 e. The second kappa shape index (κ2) is 7.84. The Morgan fingerprint density at radius 2 is 2.10 bits per heavy atom. The molecular formula is C13H15F2NO3S. The molecule has 1 amide bonds. The molecule has 0 saturated carbocycles. The first-order valence-electron chi connectivity index (χ1n) is 5.97. The van der Waals surface area contributed by atoms with Crippen molar-refractivity contribution in [3.63, 3.8) is 0 Å². The van der Waals surface area contributed by atoms with E-state index >= 15 is 0 Å². The van der Waals surface area contributed by atoms with Crippen LogP contribution in [0, 0.1) is 11.6 Å². The number of halogens is 2. The van der Waals surface area contributed by atoms with Gasteiger partial charge in [0.15, 0.2) is 0 Å². The van der Waals surface area contributed by atoms with Crippen molar-refractivity contribution in [3.8, 4) is 0 Å². The SMILES string of the molecule is CCOC(=O)CS[C@@H](C)C(=O)Nc1cc(F)ccc1F. The second-order valence-electron chi connectivity index (χ2n) is 3.87. The summed E-state index contributed by atoms with van der Waals surface area (Å²) in [7, 11) is 0. The minimum absolute atomic E-state index is 0.0219. The maximum absolute atomic E-state index is 13.3. The molecule has 0 fully saturated rings. The number of carbonyl (C=O) groups excluding carboxylic acids is 2. The lowest BCUT2D eigenvalue weighted by Crippen LogP contribution is -2.24. The van der Waals surface area contributed by atoms with Crippen molar-refractivity contribution in [2.45, 2.75) is 19.1 Å². The lowest BCUT2D eigenvalue weighted by atomic mass is 10.3. The number of benzene rings is 1. The predicted octanol–water partition coefficient (Wildman–Crippen LogP) is 2.59. The standard InChI is InChI=1S/C13H15F2NO3S/c1-3-19-12(17)7-20-8(2)13(18)16-11-6-9(14)4-5-10(11)15/h4-6,8H,3,7H2,1-2H3,(H,16,18)/t8-/m0/s1. The largest absolute Gasteiger partial charge is 0.465 e. The maximum atomic E-state index is 13.3. The summed E-state index contributed by atoms with van der Waals surface area (Å²) in [5.74, 6) is -2.28. The van der Waals surface area contributed by atoms with Gasteiger partial charge in [-0.15, -0.1) is 11.8 Å². The molecule has 20 heavy (non-hydrogen) atoms. The van der Waals surface area contributed by atoms with E-state index in [9.17, 15) is 18.4 Å². The predicted molar refractivity (Wildman–Crippen MR) is 73.5 cm³/mol. The minimum Gasteiger partial charge on any atom is -0.465 e. The van der Waals surface area contributed by atoms with E-state index < -0.39 is 28.8 Å². The number of rotatable bonds is 6. The molecule has 0 spiro atoms. The fourth-order valence-electron chi connectivity index (χ4n) is 1.30. The van der Waals surface area contributed by atoms with Crippen LogP contribution < -0.4 is 5.32 Å². The van der Waals surface area contributed by atoms with Crippen molar-refractivity contribution < 1.29 is 23.1 Å². The zero-order valence-electron chi connectivity index (χ0n) is 11.1. The van der Waals surface area contributed by atoms with Gasteiger partial charge < -0.3 is 10.1 Å². The van der Waals surface area contributed by atoms with Gasteiger partial charge in [-0.05, 0) is 26.0 Å². The van der Waals surface area contributed by atoms with Gasteiger partial charge in [0.25, 0.3) is 0 Å². The quantitative estimate of drug-likeness (QED) is 0.821. The van der Waals surface area contributed by atoms with Gasteiger partial charge in [-0.2, -0.15) is 0 Å². The van der Waals surface area contributed by atoms with Crippen LogP contribution in [0.25, 0.3) is 0 Å². The van der Waals surface area contributed by atoms with E-state index in [0.717, 1.165) is 30.0 Å². The van der Waals surface area contributed by atoms with E-state index in [2.05, 4.69) is 5.32 Å². The molecule has 0 heterocycles. The molecule has 1 aromatic rings. The summed E-state index contributed by atoms with van der Waals surface area (Å²) >= 11 is 1.06. The fourth-order valence-corrected chi connectivity index (χ4v) is 1.98. The molecule has 0 radical (unpaired) electrons. The first kappa shape index (κ1) is 16.4. The Balaban J connectivity index is 2.53. The van der Waals surface area contributed by atoms with Gasteiger partial charge >= 0.3 is 5.97 Å². The van der Waals surface area contributed by atoms with E-state index in [-0.39, 0.29) is 18.0 Å². The molecule has 1 atom stereocenters. The second-order valence-corrected chi connectivity index (χ2v) is 5.20. The van der Waals surface area contributed by atoms with Crippen LogP contribution in [0.5, 0.6) is 0 Å². The Kier molecular flexibility index (Phi) is 6.44. The van der Waals surface area contributed by atoms with Crippen molar-refractivity contribution >= 4 is 29.3 Å². The molecule has 0 aliphatic heterocycles.